The van der Waals surface area contributed by atoms with E-state index in [1.54, 1.807) is 18.2 Å². The summed E-state index contributed by atoms with van der Waals surface area (Å²) < 4.78 is 79.3. The van der Waals surface area contributed by atoms with Crippen LogP contribution >= 0.6 is 11.8 Å². The van der Waals surface area contributed by atoms with Crippen LogP contribution < -0.4 is 5.73 Å². The van der Waals surface area contributed by atoms with Crippen molar-refractivity contribution >= 4 is 22.4 Å². The highest BCUT2D eigenvalue weighted by Gasteiger charge is 2.37. The van der Waals surface area contributed by atoms with Crippen molar-refractivity contribution < 1.29 is 26.3 Å². The van der Waals surface area contributed by atoms with Crippen molar-refractivity contribution in [2.24, 2.45) is 0 Å². The number of nitrogens with two attached hydrogens (primary N) is 1. The molecule has 0 fully saturated rings. The molecule has 1 nitrogen and oxygen atoms in total. The normalized spacial score (nSPS) is 11.9. The van der Waals surface area contributed by atoms with Crippen molar-refractivity contribution in [3.05, 3.63) is 114 Å². The molecule has 0 saturated carbocycles. The standard InChI is InChI=1S/C28H19F6NS/c1-17(36-26-8-3-2-7-25(26)35)20-5-4-6-21(13-20)18-9-11-19(12-10-18)22-14-23(27(29,30)31)16-24(15-22)28(32,33)34/h2-16H,1,35H2. The molecule has 184 valence electrons. The van der Waals surface area contributed by atoms with E-state index in [0.29, 0.717) is 5.69 Å². The summed E-state index contributed by atoms with van der Waals surface area (Å²) in [6.45, 7) is 4.13. The topological polar surface area (TPSA) is 26.0 Å². The fourth-order valence-corrected chi connectivity index (χ4v) is 4.46. The highest BCUT2D eigenvalue weighted by atomic mass is 32.2. The lowest BCUT2D eigenvalue weighted by molar-refractivity contribution is -0.143. The first-order valence-electron chi connectivity index (χ1n) is 10.6. The molecule has 0 bridgehead atoms. The van der Waals surface area contributed by atoms with Crippen molar-refractivity contribution in [3.63, 3.8) is 0 Å². The molecule has 4 aromatic rings. The smallest absolute Gasteiger partial charge is 0.398 e. The summed E-state index contributed by atoms with van der Waals surface area (Å²) in [7, 11) is 0. The third-order valence-electron chi connectivity index (χ3n) is 5.48. The Labute approximate surface area is 208 Å². The Balaban J connectivity index is 1.63. The van der Waals surface area contributed by atoms with Gasteiger partial charge in [-0.25, -0.2) is 0 Å². The van der Waals surface area contributed by atoms with Gasteiger partial charge >= 0.3 is 12.4 Å². The fraction of sp³-hybridized carbons (Fsp3) is 0.0714. The zero-order valence-electron chi connectivity index (χ0n) is 18.6. The molecular weight excluding hydrogens is 496 g/mol. The summed E-state index contributed by atoms with van der Waals surface area (Å²) >= 11 is 1.43. The second-order valence-corrected chi connectivity index (χ2v) is 9.15. The number of anilines is 1. The Morgan fingerprint density at radius 2 is 1.17 bits per heavy atom. The average Bonchev–Trinajstić information content (AvgIpc) is 2.84. The third-order valence-corrected chi connectivity index (χ3v) is 6.55. The van der Waals surface area contributed by atoms with Crippen LogP contribution in [0.15, 0.2) is 102 Å². The van der Waals surface area contributed by atoms with Gasteiger partial charge in [-0.15, -0.1) is 0 Å². The van der Waals surface area contributed by atoms with Crippen LogP contribution in [0.25, 0.3) is 27.2 Å². The van der Waals surface area contributed by atoms with Gasteiger partial charge in [0.25, 0.3) is 0 Å². The maximum absolute atomic E-state index is 13.2. The highest BCUT2D eigenvalue weighted by Crippen LogP contribution is 2.40. The Morgan fingerprint density at radius 1 is 0.611 bits per heavy atom. The Kier molecular flexibility index (Phi) is 6.91. The van der Waals surface area contributed by atoms with Crippen molar-refractivity contribution in [2.75, 3.05) is 5.73 Å². The molecule has 0 unspecified atom stereocenters. The van der Waals surface area contributed by atoms with Crippen LogP contribution in [0.2, 0.25) is 0 Å². The highest BCUT2D eigenvalue weighted by molar-refractivity contribution is 8.08. The summed E-state index contributed by atoms with van der Waals surface area (Å²) in [5.74, 6) is 0. The van der Waals surface area contributed by atoms with Gasteiger partial charge in [0, 0.05) is 15.5 Å². The molecule has 2 N–H and O–H groups in total. The van der Waals surface area contributed by atoms with E-state index in [0.717, 1.165) is 38.6 Å². The summed E-state index contributed by atoms with van der Waals surface area (Å²) in [4.78, 5) is 1.64. The number of para-hydroxylation sites is 1. The lowest BCUT2D eigenvalue weighted by atomic mass is 9.96. The quantitative estimate of drug-likeness (QED) is 0.163. The van der Waals surface area contributed by atoms with Crippen molar-refractivity contribution in [2.45, 2.75) is 17.2 Å². The third kappa shape index (κ3) is 5.76. The number of hydrogen-bond acceptors (Lipinski definition) is 2. The van der Waals surface area contributed by atoms with Gasteiger partial charge in [0.2, 0.25) is 0 Å². The van der Waals surface area contributed by atoms with Gasteiger partial charge in [-0.1, -0.05) is 72.9 Å². The van der Waals surface area contributed by atoms with E-state index in [9.17, 15) is 26.3 Å². The zero-order chi connectivity index (χ0) is 26.1. The van der Waals surface area contributed by atoms with Crippen LogP contribution in [0, 0.1) is 0 Å². The molecule has 4 rings (SSSR count). The van der Waals surface area contributed by atoms with Crippen LogP contribution in [0.4, 0.5) is 32.0 Å². The number of nitrogen functional groups attached to an aromatic ring is 1. The Hall–Kier alpha value is -3.65. The predicted molar refractivity (Wildman–Crippen MR) is 133 cm³/mol. The molecule has 36 heavy (non-hydrogen) atoms. The molecule has 0 amide bonds. The van der Waals surface area contributed by atoms with E-state index < -0.39 is 23.5 Å². The van der Waals surface area contributed by atoms with E-state index in [4.69, 9.17) is 5.73 Å². The Morgan fingerprint density at radius 3 is 1.72 bits per heavy atom. The Bertz CT molecular complexity index is 1370. The number of alkyl halides is 6. The van der Waals surface area contributed by atoms with Gasteiger partial charge in [0.05, 0.1) is 11.1 Å². The lowest BCUT2D eigenvalue weighted by Gasteiger charge is -2.15. The summed E-state index contributed by atoms with van der Waals surface area (Å²) in [5, 5.41) is 0. The zero-order valence-corrected chi connectivity index (χ0v) is 19.4. The van der Waals surface area contributed by atoms with Crippen LogP contribution in [0.1, 0.15) is 16.7 Å². The van der Waals surface area contributed by atoms with E-state index in [2.05, 4.69) is 6.58 Å². The first-order valence-corrected chi connectivity index (χ1v) is 11.5. The van der Waals surface area contributed by atoms with E-state index in [1.165, 1.54) is 23.9 Å². The molecule has 0 aliphatic carbocycles. The van der Waals surface area contributed by atoms with Gasteiger partial charge < -0.3 is 5.73 Å². The minimum atomic E-state index is -4.90. The average molecular weight is 516 g/mol. The van der Waals surface area contributed by atoms with E-state index >= 15 is 0 Å². The second-order valence-electron chi connectivity index (χ2n) is 8.02. The molecular formula is C28H19F6NS. The van der Waals surface area contributed by atoms with Crippen LogP contribution in [-0.4, -0.2) is 0 Å². The van der Waals surface area contributed by atoms with Crippen LogP contribution in [-0.2, 0) is 12.4 Å². The number of halogens is 6. The predicted octanol–water partition coefficient (Wildman–Crippen LogP) is 9.40. The monoisotopic (exact) mass is 515 g/mol. The van der Waals surface area contributed by atoms with E-state index in [-0.39, 0.29) is 17.2 Å². The summed E-state index contributed by atoms with van der Waals surface area (Å²) in [6, 6.07) is 22.8. The van der Waals surface area contributed by atoms with Crippen LogP contribution in [0.3, 0.4) is 0 Å². The van der Waals surface area contributed by atoms with Gasteiger partial charge in [-0.3, -0.25) is 0 Å². The maximum Gasteiger partial charge on any atom is 0.416 e. The number of hydrogen-bond donors (Lipinski definition) is 1. The minimum Gasteiger partial charge on any atom is -0.398 e. The van der Waals surface area contributed by atoms with Gasteiger partial charge in [-0.2, -0.15) is 26.3 Å². The van der Waals surface area contributed by atoms with Gasteiger partial charge in [0.15, 0.2) is 0 Å². The molecule has 0 aliphatic rings. The van der Waals surface area contributed by atoms with Crippen molar-refractivity contribution in [3.8, 4) is 22.3 Å². The SMILES string of the molecule is C=C(Sc1ccccc1N)c1cccc(-c2ccc(-c3cc(C(F)(F)F)cc(C(F)(F)F)c3)cc2)c1. The summed E-state index contributed by atoms with van der Waals surface area (Å²) in [5.41, 5.74) is 6.46. The molecule has 0 atom stereocenters. The molecule has 0 aromatic heterocycles. The number of rotatable bonds is 5. The molecule has 0 saturated heterocycles. The fourth-order valence-electron chi connectivity index (χ4n) is 3.61. The molecule has 4 aromatic carbocycles. The van der Waals surface area contributed by atoms with E-state index in [1.807, 2.05) is 42.5 Å². The first-order chi connectivity index (χ1) is 16.9. The summed E-state index contributed by atoms with van der Waals surface area (Å²) in [6.07, 6.45) is -9.80. The lowest BCUT2D eigenvalue weighted by Crippen LogP contribution is -2.11. The van der Waals surface area contributed by atoms with Gasteiger partial charge in [0.1, 0.15) is 0 Å². The second kappa shape index (κ2) is 9.78. The van der Waals surface area contributed by atoms with Crippen molar-refractivity contribution in [1.82, 2.24) is 0 Å². The van der Waals surface area contributed by atoms with Crippen molar-refractivity contribution in [1.29, 1.82) is 0 Å². The number of benzene rings is 4. The minimum absolute atomic E-state index is 0.122. The molecule has 0 aliphatic heterocycles. The molecule has 8 heteroatoms. The van der Waals surface area contributed by atoms with Crippen LogP contribution in [0.5, 0.6) is 0 Å². The maximum atomic E-state index is 13.2. The number of thioether (sulfide) groups is 1. The first kappa shape index (κ1) is 25.4. The molecule has 0 heterocycles. The van der Waals surface area contributed by atoms with Gasteiger partial charge in [-0.05, 0) is 64.2 Å². The largest absolute Gasteiger partial charge is 0.416 e. The molecule has 0 spiro atoms. The molecule has 0 radical (unpaired) electrons.